The molecule has 2 aromatic rings. The molecule has 0 saturated carbocycles. The highest BCUT2D eigenvalue weighted by Gasteiger charge is 2.06. The Bertz CT molecular complexity index is 565. The summed E-state index contributed by atoms with van der Waals surface area (Å²) in [5.74, 6) is 0.580. The third-order valence-corrected chi connectivity index (χ3v) is 2.57. The molecule has 0 fully saturated rings. The number of amides is 1. The van der Waals surface area contributed by atoms with Crippen molar-refractivity contribution in [3.05, 3.63) is 54.1 Å². The van der Waals surface area contributed by atoms with Crippen LogP contribution in [0.2, 0.25) is 0 Å². The van der Waals surface area contributed by atoms with Gasteiger partial charge in [-0.3, -0.25) is 4.79 Å². The number of anilines is 2. The molecule has 0 bridgehead atoms. The fourth-order valence-corrected chi connectivity index (χ4v) is 1.69. The normalized spacial score (nSPS) is 9.95. The minimum absolute atomic E-state index is 0.173. The molecule has 3 N–H and O–H groups in total. The van der Waals surface area contributed by atoms with Crippen molar-refractivity contribution in [3.8, 4) is 5.75 Å². The van der Waals surface area contributed by atoms with Gasteiger partial charge in [-0.1, -0.05) is 6.07 Å². The highest BCUT2D eigenvalue weighted by Crippen LogP contribution is 2.15. The number of hydrogen-bond acceptors (Lipinski definition) is 3. The Labute approximate surface area is 112 Å². The molecule has 0 aliphatic rings. The Kier molecular flexibility index (Phi) is 4.03. The van der Waals surface area contributed by atoms with Gasteiger partial charge in [0.05, 0.1) is 6.61 Å². The second-order valence-electron chi connectivity index (χ2n) is 4.04. The van der Waals surface area contributed by atoms with Crippen LogP contribution in [0.15, 0.2) is 48.5 Å². The largest absolute Gasteiger partial charge is 0.494 e. The van der Waals surface area contributed by atoms with E-state index in [0.29, 0.717) is 23.5 Å². The van der Waals surface area contributed by atoms with E-state index in [0.717, 1.165) is 5.75 Å². The maximum Gasteiger partial charge on any atom is 0.255 e. The maximum atomic E-state index is 12.0. The fraction of sp³-hybridized carbons (Fsp3) is 0.133. The Morgan fingerprint density at radius 1 is 1.21 bits per heavy atom. The molecule has 0 unspecified atom stereocenters. The Balaban J connectivity index is 2.07. The van der Waals surface area contributed by atoms with Crippen LogP contribution in [0.3, 0.4) is 0 Å². The fourth-order valence-electron chi connectivity index (χ4n) is 1.69. The predicted octanol–water partition coefficient (Wildman–Crippen LogP) is 2.92. The van der Waals surface area contributed by atoms with Gasteiger partial charge in [0.1, 0.15) is 5.75 Å². The van der Waals surface area contributed by atoms with Crippen molar-refractivity contribution in [1.29, 1.82) is 0 Å². The quantitative estimate of drug-likeness (QED) is 0.827. The highest BCUT2D eigenvalue weighted by atomic mass is 16.5. The van der Waals surface area contributed by atoms with Crippen LogP contribution in [0.1, 0.15) is 17.3 Å². The van der Waals surface area contributed by atoms with Crippen molar-refractivity contribution in [2.45, 2.75) is 6.92 Å². The lowest BCUT2D eigenvalue weighted by Gasteiger charge is -2.07. The predicted molar refractivity (Wildman–Crippen MR) is 76.4 cm³/mol. The van der Waals surface area contributed by atoms with E-state index in [9.17, 15) is 4.79 Å². The van der Waals surface area contributed by atoms with E-state index in [2.05, 4.69) is 5.32 Å². The van der Waals surface area contributed by atoms with Crippen molar-refractivity contribution in [3.63, 3.8) is 0 Å². The molecule has 0 saturated heterocycles. The molecule has 19 heavy (non-hydrogen) atoms. The van der Waals surface area contributed by atoms with Crippen LogP contribution in [0.5, 0.6) is 5.75 Å². The van der Waals surface area contributed by atoms with Crippen molar-refractivity contribution < 1.29 is 9.53 Å². The molecule has 0 spiro atoms. The first-order valence-corrected chi connectivity index (χ1v) is 6.09. The second-order valence-corrected chi connectivity index (χ2v) is 4.04. The maximum absolute atomic E-state index is 12.0. The number of carbonyl (C=O) groups excluding carboxylic acids is 1. The first-order valence-electron chi connectivity index (χ1n) is 6.09. The molecule has 0 heterocycles. The average Bonchev–Trinajstić information content (AvgIpc) is 2.40. The highest BCUT2D eigenvalue weighted by molar-refractivity contribution is 6.04. The Morgan fingerprint density at radius 2 is 1.95 bits per heavy atom. The average molecular weight is 256 g/mol. The molecule has 1 amide bonds. The summed E-state index contributed by atoms with van der Waals surface area (Å²) < 4.78 is 5.33. The molecule has 2 aromatic carbocycles. The molecule has 98 valence electrons. The number of benzene rings is 2. The van der Waals surface area contributed by atoms with Crippen molar-refractivity contribution >= 4 is 17.3 Å². The van der Waals surface area contributed by atoms with E-state index in [1.165, 1.54) is 0 Å². The van der Waals surface area contributed by atoms with Crippen LogP contribution in [-0.2, 0) is 0 Å². The molecular formula is C15H16N2O2. The molecule has 0 aliphatic heterocycles. The van der Waals surface area contributed by atoms with Crippen molar-refractivity contribution in [1.82, 2.24) is 0 Å². The number of ether oxygens (including phenoxy) is 1. The van der Waals surface area contributed by atoms with E-state index in [1.807, 2.05) is 6.92 Å². The first kappa shape index (κ1) is 13.0. The number of hydrogen-bond donors (Lipinski definition) is 2. The van der Waals surface area contributed by atoms with Gasteiger partial charge in [-0.15, -0.1) is 0 Å². The van der Waals surface area contributed by atoms with Gasteiger partial charge in [0.2, 0.25) is 0 Å². The van der Waals surface area contributed by atoms with Gasteiger partial charge in [-0.25, -0.2) is 0 Å². The van der Waals surface area contributed by atoms with Gasteiger partial charge >= 0.3 is 0 Å². The number of rotatable bonds is 4. The molecule has 4 nitrogen and oxygen atoms in total. The summed E-state index contributed by atoms with van der Waals surface area (Å²) in [7, 11) is 0. The Morgan fingerprint density at radius 3 is 2.58 bits per heavy atom. The summed E-state index contributed by atoms with van der Waals surface area (Å²) in [6.07, 6.45) is 0. The molecule has 0 aromatic heterocycles. The molecule has 0 aliphatic carbocycles. The molecule has 0 radical (unpaired) electrons. The van der Waals surface area contributed by atoms with Crippen LogP contribution < -0.4 is 15.8 Å². The Hall–Kier alpha value is -2.49. The lowest BCUT2D eigenvalue weighted by molar-refractivity contribution is 0.102. The first-order chi connectivity index (χ1) is 9.19. The number of nitrogens with one attached hydrogen (secondary N) is 1. The summed E-state index contributed by atoms with van der Waals surface area (Å²) in [6, 6.07) is 14.1. The van der Waals surface area contributed by atoms with Crippen molar-refractivity contribution in [2.24, 2.45) is 0 Å². The topological polar surface area (TPSA) is 64.3 Å². The van der Waals surface area contributed by atoms with E-state index in [4.69, 9.17) is 10.5 Å². The lowest BCUT2D eigenvalue weighted by Crippen LogP contribution is -2.11. The van der Waals surface area contributed by atoms with E-state index >= 15 is 0 Å². The smallest absolute Gasteiger partial charge is 0.255 e. The van der Waals surface area contributed by atoms with Crippen LogP contribution in [-0.4, -0.2) is 12.5 Å². The van der Waals surface area contributed by atoms with Crippen LogP contribution >= 0.6 is 0 Å². The van der Waals surface area contributed by atoms with E-state index in [1.54, 1.807) is 48.5 Å². The van der Waals surface area contributed by atoms with Gasteiger partial charge in [0.25, 0.3) is 5.91 Å². The van der Waals surface area contributed by atoms with E-state index < -0.39 is 0 Å². The minimum Gasteiger partial charge on any atom is -0.494 e. The number of nitrogens with two attached hydrogens (primary N) is 1. The zero-order valence-corrected chi connectivity index (χ0v) is 10.7. The number of carbonyl (C=O) groups is 1. The third-order valence-electron chi connectivity index (χ3n) is 2.57. The lowest BCUT2D eigenvalue weighted by atomic mass is 10.2. The van der Waals surface area contributed by atoms with E-state index in [-0.39, 0.29) is 5.91 Å². The monoisotopic (exact) mass is 256 g/mol. The van der Waals surface area contributed by atoms with Gasteiger partial charge in [-0.05, 0) is 49.4 Å². The summed E-state index contributed by atoms with van der Waals surface area (Å²) in [5.41, 5.74) is 7.53. The SMILES string of the molecule is CCOc1ccc(C(=O)Nc2cccc(N)c2)cc1. The number of nitrogen functional groups attached to an aromatic ring is 1. The van der Waals surface area contributed by atoms with Gasteiger partial charge in [0.15, 0.2) is 0 Å². The molecule has 4 heteroatoms. The van der Waals surface area contributed by atoms with Crippen LogP contribution in [0, 0.1) is 0 Å². The summed E-state index contributed by atoms with van der Waals surface area (Å²) in [6.45, 7) is 2.52. The summed E-state index contributed by atoms with van der Waals surface area (Å²) in [4.78, 5) is 12.0. The van der Waals surface area contributed by atoms with Gasteiger partial charge in [0, 0.05) is 16.9 Å². The zero-order valence-electron chi connectivity index (χ0n) is 10.7. The van der Waals surface area contributed by atoms with Crippen LogP contribution in [0.25, 0.3) is 0 Å². The summed E-state index contributed by atoms with van der Waals surface area (Å²) in [5, 5.41) is 2.79. The summed E-state index contributed by atoms with van der Waals surface area (Å²) >= 11 is 0. The van der Waals surface area contributed by atoms with Gasteiger partial charge in [-0.2, -0.15) is 0 Å². The standard InChI is InChI=1S/C15H16N2O2/c1-2-19-14-8-6-11(7-9-14)15(18)17-13-5-3-4-12(16)10-13/h3-10H,2,16H2,1H3,(H,17,18). The molecule has 0 atom stereocenters. The van der Waals surface area contributed by atoms with Gasteiger partial charge < -0.3 is 15.8 Å². The molecule has 2 rings (SSSR count). The second kappa shape index (κ2) is 5.91. The minimum atomic E-state index is -0.173. The van der Waals surface area contributed by atoms with Crippen molar-refractivity contribution in [2.75, 3.05) is 17.7 Å². The van der Waals surface area contributed by atoms with Crippen LogP contribution in [0.4, 0.5) is 11.4 Å². The zero-order chi connectivity index (χ0) is 13.7. The third kappa shape index (κ3) is 3.48. The molecular weight excluding hydrogens is 240 g/mol.